The molecule has 2 rings (SSSR count). The highest BCUT2D eigenvalue weighted by Gasteiger charge is 2.26. The van der Waals surface area contributed by atoms with Gasteiger partial charge in [-0.1, -0.05) is 43.3 Å². The first-order valence-corrected chi connectivity index (χ1v) is 6.30. The molecule has 0 fully saturated rings. The van der Waals surface area contributed by atoms with Crippen molar-refractivity contribution in [2.75, 3.05) is 6.54 Å². The molecular formula is C14H21N3O. The second kappa shape index (κ2) is 4.98. The van der Waals surface area contributed by atoms with E-state index < -0.39 is 0 Å². The third-order valence-electron chi connectivity index (χ3n) is 3.76. The number of rotatable bonds is 4. The molecule has 0 bridgehead atoms. The molecule has 4 heteroatoms. The van der Waals surface area contributed by atoms with Crippen molar-refractivity contribution < 1.29 is 5.21 Å². The van der Waals surface area contributed by atoms with E-state index >= 15 is 0 Å². The number of hydrogen-bond donors (Lipinski definition) is 2. The molecule has 0 saturated carbocycles. The van der Waals surface area contributed by atoms with Gasteiger partial charge in [0.15, 0.2) is 0 Å². The Kier molecular flexibility index (Phi) is 3.57. The molecule has 0 aromatic heterocycles. The first-order valence-electron chi connectivity index (χ1n) is 6.30. The van der Waals surface area contributed by atoms with Crippen LogP contribution in [0.15, 0.2) is 29.4 Å². The van der Waals surface area contributed by atoms with Gasteiger partial charge in [0.2, 0.25) is 0 Å². The third kappa shape index (κ3) is 2.64. The van der Waals surface area contributed by atoms with Crippen LogP contribution in [0.3, 0.4) is 0 Å². The summed E-state index contributed by atoms with van der Waals surface area (Å²) in [5.41, 5.74) is 8.27. The molecule has 0 unspecified atom stereocenters. The van der Waals surface area contributed by atoms with Crippen LogP contribution in [-0.4, -0.2) is 22.5 Å². The van der Waals surface area contributed by atoms with Crippen molar-refractivity contribution in [2.24, 2.45) is 16.3 Å². The van der Waals surface area contributed by atoms with Gasteiger partial charge in [-0.15, -0.1) is 0 Å². The van der Waals surface area contributed by atoms with Crippen LogP contribution in [0.2, 0.25) is 0 Å². The zero-order valence-electron chi connectivity index (χ0n) is 11.1. The zero-order valence-corrected chi connectivity index (χ0v) is 11.1. The standard InChI is InChI=1S/C14H21N3O/c1-14(2,13(15)16-18)7-8-17-9-11-5-3-4-6-12(11)10-17/h3-6,18H,7-10H2,1-2H3,(H2,15,16). The van der Waals surface area contributed by atoms with Gasteiger partial charge < -0.3 is 10.9 Å². The van der Waals surface area contributed by atoms with E-state index in [1.54, 1.807) is 0 Å². The van der Waals surface area contributed by atoms with E-state index in [-0.39, 0.29) is 5.41 Å². The van der Waals surface area contributed by atoms with E-state index in [0.717, 1.165) is 26.1 Å². The summed E-state index contributed by atoms with van der Waals surface area (Å²) in [7, 11) is 0. The maximum absolute atomic E-state index is 8.75. The highest BCUT2D eigenvalue weighted by atomic mass is 16.4. The summed E-state index contributed by atoms with van der Waals surface area (Å²) in [5, 5.41) is 11.9. The fraction of sp³-hybridized carbons (Fsp3) is 0.500. The van der Waals surface area contributed by atoms with Crippen LogP contribution in [0, 0.1) is 5.41 Å². The summed E-state index contributed by atoms with van der Waals surface area (Å²) < 4.78 is 0. The fourth-order valence-corrected chi connectivity index (χ4v) is 2.26. The quantitative estimate of drug-likeness (QED) is 0.371. The second-order valence-electron chi connectivity index (χ2n) is 5.60. The second-order valence-corrected chi connectivity index (χ2v) is 5.60. The van der Waals surface area contributed by atoms with Gasteiger partial charge in [0.25, 0.3) is 0 Å². The lowest BCUT2D eigenvalue weighted by atomic mass is 9.88. The van der Waals surface area contributed by atoms with Gasteiger partial charge in [-0.05, 0) is 24.1 Å². The molecule has 18 heavy (non-hydrogen) atoms. The average Bonchev–Trinajstić information content (AvgIpc) is 2.78. The summed E-state index contributed by atoms with van der Waals surface area (Å²) in [6.45, 7) is 6.97. The molecule has 0 amide bonds. The first-order chi connectivity index (χ1) is 8.53. The van der Waals surface area contributed by atoms with Crippen LogP contribution >= 0.6 is 0 Å². The number of oxime groups is 1. The molecule has 0 radical (unpaired) electrons. The molecule has 4 nitrogen and oxygen atoms in total. The monoisotopic (exact) mass is 247 g/mol. The number of nitrogens with zero attached hydrogens (tertiary/aromatic N) is 2. The van der Waals surface area contributed by atoms with Gasteiger partial charge in [-0.2, -0.15) is 0 Å². The van der Waals surface area contributed by atoms with Gasteiger partial charge in [-0.3, -0.25) is 4.90 Å². The number of benzene rings is 1. The van der Waals surface area contributed by atoms with Crippen molar-refractivity contribution >= 4 is 5.84 Å². The topological polar surface area (TPSA) is 61.8 Å². The van der Waals surface area contributed by atoms with E-state index in [0.29, 0.717) is 5.84 Å². The van der Waals surface area contributed by atoms with Gasteiger partial charge in [0.1, 0.15) is 5.84 Å². The number of amidine groups is 1. The highest BCUT2D eigenvalue weighted by Crippen LogP contribution is 2.26. The normalized spacial score (nSPS) is 16.9. The fourth-order valence-electron chi connectivity index (χ4n) is 2.26. The summed E-state index contributed by atoms with van der Waals surface area (Å²) in [6.07, 6.45) is 0.886. The van der Waals surface area contributed by atoms with Crippen molar-refractivity contribution in [1.29, 1.82) is 0 Å². The molecular weight excluding hydrogens is 226 g/mol. The van der Waals surface area contributed by atoms with Gasteiger partial charge >= 0.3 is 0 Å². The van der Waals surface area contributed by atoms with E-state index in [9.17, 15) is 0 Å². The lowest BCUT2D eigenvalue weighted by Gasteiger charge is -2.25. The van der Waals surface area contributed by atoms with Crippen molar-refractivity contribution in [3.63, 3.8) is 0 Å². The summed E-state index contributed by atoms with van der Waals surface area (Å²) >= 11 is 0. The third-order valence-corrected chi connectivity index (χ3v) is 3.76. The molecule has 0 spiro atoms. The molecule has 1 aliphatic rings. The van der Waals surface area contributed by atoms with Crippen molar-refractivity contribution in [3.8, 4) is 0 Å². The smallest absolute Gasteiger partial charge is 0.144 e. The average molecular weight is 247 g/mol. The Morgan fingerprint density at radius 2 is 1.89 bits per heavy atom. The van der Waals surface area contributed by atoms with E-state index in [4.69, 9.17) is 10.9 Å². The van der Waals surface area contributed by atoms with E-state index in [2.05, 4.69) is 34.3 Å². The first kappa shape index (κ1) is 12.9. The van der Waals surface area contributed by atoms with Gasteiger partial charge in [0, 0.05) is 18.5 Å². The Morgan fingerprint density at radius 1 is 1.33 bits per heavy atom. The predicted octanol–water partition coefficient (Wildman–Crippen LogP) is 2.16. The van der Waals surface area contributed by atoms with Crippen molar-refractivity contribution in [1.82, 2.24) is 4.90 Å². The lowest BCUT2D eigenvalue weighted by molar-refractivity contribution is 0.246. The Hall–Kier alpha value is -1.55. The van der Waals surface area contributed by atoms with Crippen molar-refractivity contribution in [3.05, 3.63) is 35.4 Å². The molecule has 1 aliphatic heterocycles. The maximum atomic E-state index is 8.75. The Morgan fingerprint density at radius 3 is 2.39 bits per heavy atom. The van der Waals surface area contributed by atoms with Crippen molar-refractivity contribution in [2.45, 2.75) is 33.4 Å². The largest absolute Gasteiger partial charge is 0.409 e. The van der Waals surface area contributed by atoms with Crippen LogP contribution in [0.5, 0.6) is 0 Å². The molecule has 0 saturated heterocycles. The van der Waals surface area contributed by atoms with Crippen LogP contribution in [-0.2, 0) is 13.1 Å². The van der Waals surface area contributed by atoms with Crippen LogP contribution in [0.4, 0.5) is 0 Å². The minimum atomic E-state index is -0.260. The van der Waals surface area contributed by atoms with Crippen LogP contribution in [0.1, 0.15) is 31.4 Å². The maximum Gasteiger partial charge on any atom is 0.144 e. The summed E-state index contributed by atoms with van der Waals surface area (Å²) in [5.74, 6) is 0.305. The van der Waals surface area contributed by atoms with Gasteiger partial charge in [-0.25, -0.2) is 0 Å². The van der Waals surface area contributed by atoms with Gasteiger partial charge in [0.05, 0.1) is 0 Å². The molecule has 98 valence electrons. The number of nitrogens with two attached hydrogens (primary N) is 1. The van der Waals surface area contributed by atoms with Crippen LogP contribution in [0.25, 0.3) is 0 Å². The minimum Gasteiger partial charge on any atom is -0.409 e. The highest BCUT2D eigenvalue weighted by molar-refractivity contribution is 5.85. The molecule has 1 aromatic rings. The lowest BCUT2D eigenvalue weighted by Crippen LogP contribution is -2.35. The molecule has 3 N–H and O–H groups in total. The predicted molar refractivity (Wildman–Crippen MR) is 72.4 cm³/mol. The molecule has 1 heterocycles. The Labute approximate surface area is 108 Å². The van der Waals surface area contributed by atoms with E-state index in [1.165, 1.54) is 11.1 Å². The number of hydrogen-bond acceptors (Lipinski definition) is 3. The van der Waals surface area contributed by atoms with E-state index in [1.807, 2.05) is 13.8 Å². The molecule has 0 aliphatic carbocycles. The van der Waals surface area contributed by atoms with Crippen LogP contribution < -0.4 is 5.73 Å². The minimum absolute atomic E-state index is 0.260. The Bertz CT molecular complexity index is 429. The summed E-state index contributed by atoms with van der Waals surface area (Å²) in [6, 6.07) is 8.54. The zero-order chi connectivity index (χ0) is 13.2. The SMILES string of the molecule is CC(C)(CCN1Cc2ccccc2C1)C(N)=NO. The molecule has 1 aromatic carbocycles. The number of fused-ring (bicyclic) bond motifs is 1. The molecule has 0 atom stereocenters. The summed E-state index contributed by atoms with van der Waals surface area (Å²) in [4.78, 5) is 2.40. The Balaban J connectivity index is 1.91.